The highest BCUT2D eigenvalue weighted by atomic mass is 79.9. The summed E-state index contributed by atoms with van der Waals surface area (Å²) in [7, 11) is -1.64. The second kappa shape index (κ2) is 18.3. The predicted octanol–water partition coefficient (Wildman–Crippen LogP) is 6.06. The summed E-state index contributed by atoms with van der Waals surface area (Å²) in [6.07, 6.45) is 18.0. The van der Waals surface area contributed by atoms with Gasteiger partial charge in [-0.2, -0.15) is 0 Å². The Hall–Kier alpha value is -0.950. The van der Waals surface area contributed by atoms with Crippen molar-refractivity contribution in [1.29, 1.82) is 0 Å². The van der Waals surface area contributed by atoms with Crippen molar-refractivity contribution in [3.63, 3.8) is 0 Å². The summed E-state index contributed by atoms with van der Waals surface area (Å²) in [5, 5.41) is 5.72. The summed E-state index contributed by atoms with van der Waals surface area (Å²) >= 11 is 3.53. The molecule has 0 aliphatic heterocycles. The number of alkyl halides is 1. The van der Waals surface area contributed by atoms with E-state index in [0.29, 0.717) is 0 Å². The molecule has 3 rings (SSSR count). The van der Waals surface area contributed by atoms with Crippen LogP contribution in [0.1, 0.15) is 77.0 Å². The zero-order chi connectivity index (χ0) is 23.7. The van der Waals surface area contributed by atoms with Crippen LogP contribution < -0.4 is 32.9 Å². The van der Waals surface area contributed by atoms with Gasteiger partial charge in [0.05, 0.1) is 6.16 Å². The third-order valence-electron chi connectivity index (χ3n) is 6.97. The SMILES string of the molecule is BrCCCCCCCCCCCCCC[P+](c1ccccc1)(c1ccccc1)c1ccccc1.[Br-]. The molecule has 0 N–H and O–H groups in total. The summed E-state index contributed by atoms with van der Waals surface area (Å²) in [6, 6.07) is 34.0. The third kappa shape index (κ3) is 9.79. The molecule has 0 aliphatic rings. The molecule has 3 aromatic rings. The second-order valence-electron chi connectivity index (χ2n) is 9.47. The average Bonchev–Trinajstić information content (AvgIpc) is 2.91. The van der Waals surface area contributed by atoms with Crippen LogP contribution >= 0.6 is 23.2 Å². The van der Waals surface area contributed by atoms with Crippen LogP contribution in [-0.2, 0) is 0 Å². The van der Waals surface area contributed by atoms with Crippen molar-refractivity contribution in [2.24, 2.45) is 0 Å². The maximum absolute atomic E-state index is 3.53. The van der Waals surface area contributed by atoms with Gasteiger partial charge in [0.2, 0.25) is 0 Å². The van der Waals surface area contributed by atoms with Crippen LogP contribution in [0.5, 0.6) is 0 Å². The number of hydrogen-bond donors (Lipinski definition) is 0. The zero-order valence-corrected chi connectivity index (χ0v) is 25.3. The molecule has 3 aromatic carbocycles. The Morgan fingerprint density at radius 2 is 0.686 bits per heavy atom. The Balaban J connectivity index is 0.00000432. The van der Waals surface area contributed by atoms with E-state index in [1.165, 1.54) is 99.1 Å². The fourth-order valence-corrected chi connectivity index (χ4v) is 9.90. The highest BCUT2D eigenvalue weighted by Crippen LogP contribution is 2.55. The Morgan fingerprint density at radius 1 is 0.400 bits per heavy atom. The molecule has 0 unspecified atom stereocenters. The van der Waals surface area contributed by atoms with Gasteiger partial charge in [-0.25, -0.2) is 0 Å². The summed E-state index contributed by atoms with van der Waals surface area (Å²) in [6.45, 7) is 0. The topological polar surface area (TPSA) is 0 Å². The van der Waals surface area contributed by atoms with E-state index in [9.17, 15) is 0 Å². The van der Waals surface area contributed by atoms with E-state index in [0.717, 1.165) is 5.33 Å². The Morgan fingerprint density at radius 3 is 1.00 bits per heavy atom. The van der Waals surface area contributed by atoms with Gasteiger partial charge in [0.15, 0.2) is 0 Å². The predicted molar refractivity (Wildman–Crippen MR) is 159 cm³/mol. The first-order chi connectivity index (χ1) is 16.9. The van der Waals surface area contributed by atoms with E-state index in [2.05, 4.69) is 107 Å². The number of benzene rings is 3. The molecule has 0 fully saturated rings. The molecule has 0 aliphatic carbocycles. The highest BCUT2D eigenvalue weighted by molar-refractivity contribution is 9.09. The minimum Gasteiger partial charge on any atom is -1.00 e. The number of unbranched alkanes of at least 4 members (excludes halogenated alkanes) is 11. The van der Waals surface area contributed by atoms with Crippen LogP contribution in [0.2, 0.25) is 0 Å². The van der Waals surface area contributed by atoms with Gasteiger partial charge < -0.3 is 17.0 Å². The molecule has 0 aromatic heterocycles. The van der Waals surface area contributed by atoms with Crippen molar-refractivity contribution >= 4 is 39.1 Å². The van der Waals surface area contributed by atoms with Crippen LogP contribution in [0.15, 0.2) is 91.0 Å². The van der Waals surface area contributed by atoms with Gasteiger partial charge in [-0.3, -0.25) is 0 Å². The van der Waals surface area contributed by atoms with Gasteiger partial charge in [-0.1, -0.05) is 128 Å². The van der Waals surface area contributed by atoms with Gasteiger partial charge >= 0.3 is 0 Å². The zero-order valence-electron chi connectivity index (χ0n) is 21.3. The average molecular weight is 618 g/mol. The van der Waals surface area contributed by atoms with Gasteiger partial charge in [0.25, 0.3) is 0 Å². The monoisotopic (exact) mass is 616 g/mol. The molecular formula is C32H43Br2P. The summed E-state index contributed by atoms with van der Waals surface area (Å²) in [4.78, 5) is 0. The molecule has 35 heavy (non-hydrogen) atoms. The Bertz CT molecular complexity index is 787. The van der Waals surface area contributed by atoms with E-state index < -0.39 is 7.26 Å². The van der Waals surface area contributed by atoms with E-state index in [4.69, 9.17) is 0 Å². The minimum absolute atomic E-state index is 0. The van der Waals surface area contributed by atoms with E-state index >= 15 is 0 Å². The van der Waals surface area contributed by atoms with Crippen LogP contribution in [-0.4, -0.2) is 11.5 Å². The number of hydrogen-bond acceptors (Lipinski definition) is 0. The van der Waals surface area contributed by atoms with Gasteiger partial charge in [0.1, 0.15) is 23.2 Å². The fourth-order valence-electron chi connectivity index (χ4n) is 5.09. The summed E-state index contributed by atoms with van der Waals surface area (Å²) in [5.41, 5.74) is 0. The highest BCUT2D eigenvalue weighted by Gasteiger charge is 2.44. The van der Waals surface area contributed by atoms with Crippen molar-refractivity contribution in [1.82, 2.24) is 0 Å². The quantitative estimate of drug-likeness (QED) is 0.0981. The van der Waals surface area contributed by atoms with Crippen molar-refractivity contribution in [3.8, 4) is 0 Å². The first-order valence-corrected chi connectivity index (χ1v) is 16.6. The van der Waals surface area contributed by atoms with E-state index in [1.807, 2.05) is 0 Å². The molecule has 0 saturated carbocycles. The van der Waals surface area contributed by atoms with E-state index in [1.54, 1.807) is 0 Å². The van der Waals surface area contributed by atoms with Crippen LogP contribution in [0, 0.1) is 0 Å². The Kier molecular flexibility index (Phi) is 15.8. The third-order valence-corrected chi connectivity index (χ3v) is 12.1. The lowest BCUT2D eigenvalue weighted by molar-refractivity contribution is -0.00000678. The molecule has 3 heteroatoms. The van der Waals surface area contributed by atoms with Crippen LogP contribution in [0.3, 0.4) is 0 Å². The van der Waals surface area contributed by atoms with Crippen LogP contribution in [0.4, 0.5) is 0 Å². The number of halogens is 2. The normalized spacial score (nSPS) is 11.2. The first-order valence-electron chi connectivity index (χ1n) is 13.5. The lowest BCUT2D eigenvalue weighted by atomic mass is 10.1. The number of rotatable bonds is 17. The Labute approximate surface area is 234 Å². The molecule has 0 saturated heterocycles. The van der Waals surface area contributed by atoms with Crippen molar-refractivity contribution in [2.75, 3.05) is 11.5 Å². The first kappa shape index (κ1) is 30.3. The second-order valence-corrected chi connectivity index (χ2v) is 13.9. The molecule has 190 valence electrons. The van der Waals surface area contributed by atoms with Gasteiger partial charge in [-0.05, 0) is 55.7 Å². The van der Waals surface area contributed by atoms with Crippen molar-refractivity contribution < 1.29 is 17.0 Å². The molecule has 0 spiro atoms. The molecule has 0 nitrogen and oxygen atoms in total. The molecular weight excluding hydrogens is 575 g/mol. The maximum Gasteiger partial charge on any atom is 0.112 e. The van der Waals surface area contributed by atoms with Crippen molar-refractivity contribution in [3.05, 3.63) is 91.0 Å². The van der Waals surface area contributed by atoms with Crippen molar-refractivity contribution in [2.45, 2.75) is 77.0 Å². The standard InChI is InChI=1S/C32H43BrP.BrH/c33-28-20-9-7-5-3-1-2-4-6-8-10-21-29-34(30-22-14-11-15-23-30,31-24-16-12-17-25-31)32-26-18-13-19-27-32;/h11-19,22-27H,1-10,20-21,28-29H2;1H/q+1;/p-1. The van der Waals surface area contributed by atoms with E-state index in [-0.39, 0.29) is 17.0 Å². The van der Waals surface area contributed by atoms with Gasteiger partial charge in [0, 0.05) is 5.33 Å². The summed E-state index contributed by atoms with van der Waals surface area (Å²) in [5.74, 6) is 0. The largest absolute Gasteiger partial charge is 1.00 e. The lowest BCUT2D eigenvalue weighted by Crippen LogP contribution is -3.00. The molecule has 0 amide bonds. The molecule has 0 bridgehead atoms. The van der Waals surface area contributed by atoms with Gasteiger partial charge in [-0.15, -0.1) is 0 Å². The maximum atomic E-state index is 3.53. The molecule has 0 atom stereocenters. The lowest BCUT2D eigenvalue weighted by Gasteiger charge is -2.27. The molecule has 0 heterocycles. The van der Waals surface area contributed by atoms with Crippen LogP contribution in [0.25, 0.3) is 0 Å². The fraction of sp³-hybridized carbons (Fsp3) is 0.438. The smallest absolute Gasteiger partial charge is 0.112 e. The molecule has 0 radical (unpaired) electrons. The summed E-state index contributed by atoms with van der Waals surface area (Å²) < 4.78 is 0. The minimum atomic E-state index is -1.64.